The van der Waals surface area contributed by atoms with E-state index < -0.39 is 0 Å². The number of benzene rings is 2. The molecule has 0 fully saturated rings. The highest BCUT2D eigenvalue weighted by Gasteiger charge is 2.08. The third-order valence-electron chi connectivity index (χ3n) is 5.26. The highest BCUT2D eigenvalue weighted by molar-refractivity contribution is 7.07. The van der Waals surface area contributed by atoms with Crippen LogP contribution in [0.4, 0.5) is 0 Å². The molecule has 0 saturated carbocycles. The molecule has 0 aliphatic carbocycles. The fourth-order valence-corrected chi connectivity index (χ4v) is 4.47. The summed E-state index contributed by atoms with van der Waals surface area (Å²) in [5, 5.41) is 0. The normalized spacial score (nSPS) is 12.0. The van der Waals surface area contributed by atoms with Gasteiger partial charge in [0.1, 0.15) is 0 Å². The van der Waals surface area contributed by atoms with Crippen molar-refractivity contribution >= 4 is 42.3 Å². The minimum atomic E-state index is 0.0293. The van der Waals surface area contributed by atoms with E-state index in [9.17, 15) is 4.79 Å². The Hall–Kier alpha value is -3.03. The van der Waals surface area contributed by atoms with Crippen LogP contribution in [-0.4, -0.2) is 11.8 Å². The van der Waals surface area contributed by atoms with Gasteiger partial charge in [-0.2, -0.15) is 0 Å². The van der Waals surface area contributed by atoms with Gasteiger partial charge in [-0.15, -0.1) is 23.7 Å². The number of thiazole rings is 1. The summed E-state index contributed by atoms with van der Waals surface area (Å²) in [5.74, 6) is 2.66. The Morgan fingerprint density at radius 2 is 1.97 bits per heavy atom. The van der Waals surface area contributed by atoms with E-state index in [4.69, 9.17) is 6.42 Å². The predicted molar refractivity (Wildman–Crippen MR) is 133 cm³/mol. The molecule has 0 aliphatic heterocycles. The van der Waals surface area contributed by atoms with Crippen LogP contribution in [0.2, 0.25) is 6.32 Å². The van der Waals surface area contributed by atoms with Gasteiger partial charge in [0.2, 0.25) is 0 Å². The standard InChI is InChI=1S/C26H26BNOS/c1-5-16-27-23-13-11-21(12-14-23)18-25-26(29)28(20(4)30-25)17-15-22(6-2)24-10-8-7-9-19(24)3/h1,6-14,18,27H,4,15-17H2,2-3H3/b22-6-,25-18-. The van der Waals surface area contributed by atoms with E-state index in [1.807, 2.05) is 24.3 Å². The van der Waals surface area contributed by atoms with Gasteiger partial charge >= 0.3 is 0 Å². The van der Waals surface area contributed by atoms with Crippen LogP contribution in [0, 0.1) is 19.3 Å². The van der Waals surface area contributed by atoms with Gasteiger partial charge in [-0.1, -0.05) is 66.6 Å². The fraction of sp³-hybridized carbons (Fsp3) is 0.192. The van der Waals surface area contributed by atoms with Gasteiger partial charge in [0, 0.05) is 6.54 Å². The number of rotatable bonds is 7. The van der Waals surface area contributed by atoms with Crippen LogP contribution in [0.1, 0.15) is 30.0 Å². The summed E-state index contributed by atoms with van der Waals surface area (Å²) in [6, 6.07) is 16.6. The molecule has 4 heteroatoms. The van der Waals surface area contributed by atoms with E-state index >= 15 is 0 Å². The average Bonchev–Trinajstić information content (AvgIpc) is 3.02. The van der Waals surface area contributed by atoms with Gasteiger partial charge < -0.3 is 0 Å². The van der Waals surface area contributed by atoms with Crippen LogP contribution in [0.15, 0.2) is 59.4 Å². The summed E-state index contributed by atoms with van der Waals surface area (Å²) in [6.07, 6.45) is 10.9. The second-order valence-corrected chi connectivity index (χ2v) is 8.40. The largest absolute Gasteiger partial charge is 0.299 e. The molecule has 1 aromatic heterocycles. The molecule has 2 aromatic carbocycles. The van der Waals surface area contributed by atoms with Crippen molar-refractivity contribution in [3.63, 3.8) is 0 Å². The van der Waals surface area contributed by atoms with E-state index in [-0.39, 0.29) is 5.56 Å². The molecule has 0 saturated heterocycles. The molecule has 0 radical (unpaired) electrons. The molecular formula is C26H26BNOS. The van der Waals surface area contributed by atoms with E-state index in [1.165, 1.54) is 33.5 Å². The Labute approximate surface area is 183 Å². The minimum absolute atomic E-state index is 0.0293. The van der Waals surface area contributed by atoms with E-state index in [2.05, 4.69) is 62.8 Å². The van der Waals surface area contributed by atoms with Crippen molar-refractivity contribution < 1.29 is 0 Å². The first-order chi connectivity index (χ1) is 14.5. The molecule has 150 valence electrons. The number of hydrogen-bond acceptors (Lipinski definition) is 2. The Balaban J connectivity index is 1.81. The van der Waals surface area contributed by atoms with Crippen LogP contribution in [0.3, 0.4) is 0 Å². The van der Waals surface area contributed by atoms with Crippen LogP contribution in [0.25, 0.3) is 18.2 Å². The summed E-state index contributed by atoms with van der Waals surface area (Å²) in [7, 11) is 0.875. The number of allylic oxidation sites excluding steroid dienone is 2. The van der Waals surface area contributed by atoms with Gasteiger partial charge in [-0.3, -0.25) is 9.36 Å². The second kappa shape index (κ2) is 10.1. The van der Waals surface area contributed by atoms with Crippen LogP contribution in [0.5, 0.6) is 0 Å². The molecule has 1 heterocycles. The Kier molecular flexibility index (Phi) is 7.33. The number of nitrogens with zero attached hydrogens (tertiary/aromatic N) is 1. The van der Waals surface area contributed by atoms with Gasteiger partial charge in [0.25, 0.3) is 5.56 Å². The van der Waals surface area contributed by atoms with Crippen LogP contribution in [-0.2, 0) is 6.54 Å². The molecular weight excluding hydrogens is 385 g/mol. The molecule has 2 nitrogen and oxygen atoms in total. The van der Waals surface area contributed by atoms with Crippen molar-refractivity contribution in [1.82, 2.24) is 4.57 Å². The Bertz CT molecular complexity index is 1260. The molecule has 0 N–H and O–H groups in total. The van der Waals surface area contributed by atoms with E-state index in [1.54, 1.807) is 4.57 Å². The first-order valence-corrected chi connectivity index (χ1v) is 11.0. The second-order valence-electron chi connectivity index (χ2n) is 7.29. The van der Waals surface area contributed by atoms with Crippen LogP contribution >= 0.6 is 11.3 Å². The molecule has 3 rings (SSSR count). The molecule has 30 heavy (non-hydrogen) atoms. The average molecular weight is 411 g/mol. The number of hydrogen-bond donors (Lipinski definition) is 0. The van der Waals surface area contributed by atoms with Gasteiger partial charge in [-0.05, 0) is 54.9 Å². The molecule has 0 bridgehead atoms. The minimum Gasteiger partial charge on any atom is -0.299 e. The van der Waals surface area contributed by atoms with E-state index in [0.29, 0.717) is 11.1 Å². The predicted octanol–water partition coefficient (Wildman–Crippen LogP) is 3.06. The van der Waals surface area contributed by atoms with Crippen LogP contribution < -0.4 is 20.2 Å². The number of terminal acetylenes is 1. The maximum atomic E-state index is 13.0. The highest BCUT2D eigenvalue weighted by atomic mass is 32.1. The van der Waals surface area contributed by atoms with Crippen molar-refractivity contribution in [2.45, 2.75) is 33.1 Å². The molecule has 0 amide bonds. The Morgan fingerprint density at radius 3 is 2.63 bits per heavy atom. The summed E-state index contributed by atoms with van der Waals surface area (Å²) in [4.78, 5) is 13.0. The van der Waals surface area contributed by atoms with Crippen molar-refractivity contribution in [2.75, 3.05) is 0 Å². The maximum absolute atomic E-state index is 13.0. The summed E-state index contributed by atoms with van der Waals surface area (Å²) < 4.78 is 3.30. The summed E-state index contributed by atoms with van der Waals surface area (Å²) >= 11 is 1.45. The zero-order valence-electron chi connectivity index (χ0n) is 17.7. The van der Waals surface area contributed by atoms with Crippen molar-refractivity contribution in [3.8, 4) is 12.3 Å². The first-order valence-electron chi connectivity index (χ1n) is 10.2. The SMILES string of the molecule is C#CCBc1ccc(/C=c2\sc(=C)n(CC/C(=C/C)c3ccccc3C)c2=O)cc1. The smallest absolute Gasteiger partial charge is 0.269 e. The van der Waals surface area contributed by atoms with Gasteiger partial charge in [-0.25, -0.2) is 0 Å². The lowest BCUT2D eigenvalue weighted by molar-refractivity contribution is 0.684. The molecule has 0 atom stereocenters. The monoisotopic (exact) mass is 411 g/mol. The lowest BCUT2D eigenvalue weighted by atomic mass is 9.67. The molecule has 3 aromatic rings. The fourth-order valence-electron chi connectivity index (χ4n) is 3.54. The third kappa shape index (κ3) is 5.12. The van der Waals surface area contributed by atoms with E-state index in [0.717, 1.165) is 30.2 Å². The third-order valence-corrected chi connectivity index (χ3v) is 6.23. The molecule has 0 spiro atoms. The quantitative estimate of drug-likeness (QED) is 0.433. The van der Waals surface area contributed by atoms with Gasteiger partial charge in [0.05, 0.1) is 9.20 Å². The first kappa shape index (κ1) is 21.7. The molecule has 0 unspecified atom stereocenters. The topological polar surface area (TPSA) is 22.0 Å². The highest BCUT2D eigenvalue weighted by Crippen LogP contribution is 2.21. The summed E-state index contributed by atoms with van der Waals surface area (Å²) in [6.45, 7) is 8.90. The molecule has 0 aliphatic rings. The zero-order valence-corrected chi connectivity index (χ0v) is 18.5. The maximum Gasteiger partial charge on any atom is 0.269 e. The van der Waals surface area contributed by atoms with Crippen molar-refractivity contribution in [1.29, 1.82) is 0 Å². The number of aromatic nitrogens is 1. The Morgan fingerprint density at radius 1 is 1.23 bits per heavy atom. The lowest BCUT2D eigenvalue weighted by Crippen LogP contribution is -2.31. The zero-order chi connectivity index (χ0) is 21.5. The summed E-state index contributed by atoms with van der Waals surface area (Å²) in [5.41, 5.74) is 5.99. The number of aryl methyl sites for hydroxylation is 1. The van der Waals surface area contributed by atoms with Gasteiger partial charge in [0.15, 0.2) is 7.28 Å². The van der Waals surface area contributed by atoms with Crippen molar-refractivity contribution in [2.24, 2.45) is 0 Å². The lowest BCUT2D eigenvalue weighted by Gasteiger charge is -2.10. The van der Waals surface area contributed by atoms with Crippen molar-refractivity contribution in [3.05, 3.63) is 90.8 Å².